The molecule has 1 aromatic heterocycles. The number of rotatable bonds is 3. The van der Waals surface area contributed by atoms with Gasteiger partial charge in [-0.1, -0.05) is 23.6 Å². The molecule has 0 spiro atoms. The lowest BCUT2D eigenvalue weighted by molar-refractivity contribution is 0.629. The fourth-order valence-corrected chi connectivity index (χ4v) is 3.90. The van der Waals surface area contributed by atoms with Crippen molar-refractivity contribution < 1.29 is 4.39 Å². The van der Waals surface area contributed by atoms with Crippen LogP contribution in [0.15, 0.2) is 46.2 Å². The van der Waals surface area contributed by atoms with Crippen molar-refractivity contribution in [2.24, 2.45) is 0 Å². The molecule has 0 bridgehead atoms. The summed E-state index contributed by atoms with van der Waals surface area (Å²) in [5.41, 5.74) is 0.861. The second kappa shape index (κ2) is 7.03. The first kappa shape index (κ1) is 17.1. The zero-order chi connectivity index (χ0) is 18.0. The van der Waals surface area contributed by atoms with Gasteiger partial charge >= 0.3 is 0 Å². The Morgan fingerprint density at radius 1 is 1.28 bits per heavy atom. The van der Waals surface area contributed by atoms with Crippen LogP contribution in [0, 0.1) is 29.5 Å². The summed E-state index contributed by atoms with van der Waals surface area (Å²) in [6.07, 6.45) is 5.50. The van der Waals surface area contributed by atoms with Crippen molar-refractivity contribution in [1.82, 2.24) is 4.98 Å². The Bertz CT molecular complexity index is 1130. The Labute approximate surface area is 152 Å². The summed E-state index contributed by atoms with van der Waals surface area (Å²) in [4.78, 5) is 14.8. The van der Waals surface area contributed by atoms with E-state index >= 15 is 0 Å². The number of aromatic amines is 1. The average molecular weight is 369 g/mol. The van der Waals surface area contributed by atoms with E-state index in [9.17, 15) is 14.4 Å². The number of terminal acetylenes is 1. The van der Waals surface area contributed by atoms with Crippen LogP contribution in [0.2, 0.25) is 5.02 Å². The predicted octanol–water partition coefficient (Wildman–Crippen LogP) is 4.47. The van der Waals surface area contributed by atoms with Crippen LogP contribution < -0.4 is 5.56 Å². The van der Waals surface area contributed by atoms with Crippen LogP contribution in [0.4, 0.5) is 4.39 Å². The second-order valence-corrected chi connectivity index (χ2v) is 6.55. The van der Waals surface area contributed by atoms with E-state index in [0.717, 1.165) is 5.56 Å². The fraction of sp³-hybridized carbons (Fsp3) is 0.0526. The quantitative estimate of drug-likeness (QED) is 0.548. The third-order valence-electron chi connectivity index (χ3n) is 3.70. The lowest BCUT2D eigenvalue weighted by Crippen LogP contribution is -2.12. The van der Waals surface area contributed by atoms with Crippen LogP contribution in [0.1, 0.15) is 16.7 Å². The van der Waals surface area contributed by atoms with Crippen LogP contribution in [0.5, 0.6) is 0 Å². The first-order chi connectivity index (χ1) is 12.0. The van der Waals surface area contributed by atoms with E-state index in [1.54, 1.807) is 18.2 Å². The number of aromatic nitrogens is 1. The summed E-state index contributed by atoms with van der Waals surface area (Å²) in [6.45, 7) is 0. The highest BCUT2D eigenvalue weighted by atomic mass is 35.5. The molecular weight excluding hydrogens is 359 g/mol. The Morgan fingerprint density at radius 2 is 2.08 bits per heavy atom. The molecule has 0 atom stereocenters. The predicted molar refractivity (Wildman–Crippen MR) is 98.2 cm³/mol. The molecule has 1 heterocycles. The SMILES string of the molecule is C#Cc1cccc(Cl)c1CSc1[nH]c(=O)c(C#N)c2ccc(F)cc12. The number of benzene rings is 2. The van der Waals surface area contributed by atoms with Gasteiger partial charge in [0.05, 0.1) is 5.03 Å². The minimum atomic E-state index is -0.513. The molecule has 6 heteroatoms. The first-order valence-corrected chi connectivity index (χ1v) is 8.54. The summed E-state index contributed by atoms with van der Waals surface area (Å²) < 4.78 is 13.7. The van der Waals surface area contributed by atoms with Gasteiger partial charge in [-0.05, 0) is 35.9 Å². The molecule has 0 unspecified atom stereocenters. The van der Waals surface area contributed by atoms with Gasteiger partial charge in [0.1, 0.15) is 17.4 Å². The normalized spacial score (nSPS) is 10.4. The second-order valence-electron chi connectivity index (χ2n) is 5.16. The molecule has 3 aromatic rings. The molecule has 1 N–H and O–H groups in total. The molecule has 0 aliphatic rings. The molecule has 0 fully saturated rings. The number of nitrogens with zero attached hydrogens (tertiary/aromatic N) is 1. The third kappa shape index (κ3) is 3.25. The van der Waals surface area contributed by atoms with Gasteiger partial charge in [-0.25, -0.2) is 4.39 Å². The molecule has 0 aliphatic heterocycles. The smallest absolute Gasteiger partial charge is 0.267 e. The number of nitriles is 1. The maximum Gasteiger partial charge on any atom is 0.267 e. The van der Waals surface area contributed by atoms with E-state index in [-0.39, 0.29) is 5.56 Å². The van der Waals surface area contributed by atoms with Gasteiger partial charge in [0.2, 0.25) is 0 Å². The van der Waals surface area contributed by atoms with Gasteiger partial charge in [0.25, 0.3) is 5.56 Å². The van der Waals surface area contributed by atoms with Gasteiger partial charge in [-0.2, -0.15) is 5.26 Å². The minimum Gasteiger partial charge on any atom is -0.315 e. The van der Waals surface area contributed by atoms with Crippen LogP contribution in [-0.4, -0.2) is 4.98 Å². The van der Waals surface area contributed by atoms with E-state index in [1.807, 2.05) is 6.07 Å². The van der Waals surface area contributed by atoms with Crippen LogP contribution in [-0.2, 0) is 5.75 Å². The Morgan fingerprint density at radius 3 is 2.80 bits per heavy atom. The van der Waals surface area contributed by atoms with Crippen molar-refractivity contribution in [2.75, 3.05) is 0 Å². The molecule has 25 heavy (non-hydrogen) atoms. The summed E-state index contributed by atoms with van der Waals surface area (Å²) in [7, 11) is 0. The van der Waals surface area contributed by atoms with Crippen molar-refractivity contribution in [3.8, 4) is 18.4 Å². The van der Waals surface area contributed by atoms with Crippen LogP contribution in [0.3, 0.4) is 0 Å². The number of pyridine rings is 1. The topological polar surface area (TPSA) is 56.6 Å². The molecule has 0 saturated carbocycles. The monoisotopic (exact) mass is 368 g/mol. The third-order valence-corrected chi connectivity index (χ3v) is 5.09. The maximum atomic E-state index is 13.7. The van der Waals surface area contributed by atoms with Crippen LogP contribution in [0.25, 0.3) is 10.8 Å². The Balaban J connectivity index is 2.10. The highest BCUT2D eigenvalue weighted by Gasteiger charge is 2.14. The zero-order valence-corrected chi connectivity index (χ0v) is 14.3. The molecule has 3 rings (SSSR count). The molecule has 0 saturated heterocycles. The van der Waals surface area contributed by atoms with E-state index in [4.69, 9.17) is 18.0 Å². The molecule has 0 aliphatic carbocycles. The van der Waals surface area contributed by atoms with Gasteiger partial charge in [0, 0.05) is 27.1 Å². The number of H-pyrrole nitrogens is 1. The fourth-order valence-electron chi connectivity index (χ4n) is 2.49. The van der Waals surface area contributed by atoms with Crippen molar-refractivity contribution >= 4 is 34.1 Å². The summed E-state index contributed by atoms with van der Waals surface area (Å²) in [5, 5.41) is 11.0. The van der Waals surface area contributed by atoms with Crippen molar-refractivity contribution in [3.05, 3.63) is 74.3 Å². The van der Waals surface area contributed by atoms with Gasteiger partial charge in [-0.3, -0.25) is 4.79 Å². The van der Waals surface area contributed by atoms with Crippen molar-refractivity contribution in [2.45, 2.75) is 10.8 Å². The van der Waals surface area contributed by atoms with E-state index in [2.05, 4.69) is 10.9 Å². The number of thioether (sulfide) groups is 1. The van der Waals surface area contributed by atoms with E-state index in [1.165, 1.54) is 30.0 Å². The number of nitrogens with one attached hydrogen (secondary N) is 1. The summed E-state index contributed by atoms with van der Waals surface area (Å²) >= 11 is 7.49. The number of fused-ring (bicyclic) bond motifs is 1. The Hall–Kier alpha value is -2.73. The number of hydrogen-bond acceptors (Lipinski definition) is 3. The molecule has 0 radical (unpaired) electrons. The van der Waals surface area contributed by atoms with Crippen LogP contribution >= 0.6 is 23.4 Å². The Kier molecular flexibility index (Phi) is 4.81. The van der Waals surface area contributed by atoms with E-state index in [0.29, 0.717) is 32.1 Å². The largest absolute Gasteiger partial charge is 0.315 e. The summed E-state index contributed by atoms with van der Waals surface area (Å²) in [5.74, 6) is 2.52. The standard InChI is InChI=1S/C19H10ClFN2OS/c1-2-11-4-3-5-17(20)16(11)10-25-19-14-8-12(21)6-7-13(14)15(9-22)18(24)23-19/h1,3-8H,10H2,(H,23,24). The van der Waals surface area contributed by atoms with Gasteiger partial charge in [-0.15, -0.1) is 18.2 Å². The van der Waals surface area contributed by atoms with Gasteiger partial charge in [0.15, 0.2) is 0 Å². The lowest BCUT2D eigenvalue weighted by Gasteiger charge is -2.10. The average Bonchev–Trinajstić information content (AvgIpc) is 2.60. The lowest BCUT2D eigenvalue weighted by atomic mass is 10.1. The number of halogens is 2. The molecule has 0 amide bonds. The molecular formula is C19H10ClFN2OS. The molecule has 2 aromatic carbocycles. The highest BCUT2D eigenvalue weighted by Crippen LogP contribution is 2.32. The maximum absolute atomic E-state index is 13.7. The molecule has 122 valence electrons. The van der Waals surface area contributed by atoms with Gasteiger partial charge < -0.3 is 4.98 Å². The zero-order valence-electron chi connectivity index (χ0n) is 12.8. The minimum absolute atomic E-state index is 0.0404. The number of hydrogen-bond donors (Lipinski definition) is 1. The van der Waals surface area contributed by atoms with E-state index < -0.39 is 11.4 Å². The summed E-state index contributed by atoms with van der Waals surface area (Å²) in [6, 6.07) is 11.1. The van der Waals surface area contributed by atoms with Crippen molar-refractivity contribution in [1.29, 1.82) is 5.26 Å². The first-order valence-electron chi connectivity index (χ1n) is 7.17. The highest BCUT2D eigenvalue weighted by molar-refractivity contribution is 7.98. The van der Waals surface area contributed by atoms with Crippen molar-refractivity contribution in [3.63, 3.8) is 0 Å². The molecule has 3 nitrogen and oxygen atoms in total.